The molecule has 0 spiro atoms. The Morgan fingerprint density at radius 1 is 1.27 bits per heavy atom. The van der Waals surface area contributed by atoms with E-state index in [4.69, 9.17) is 17.3 Å². The van der Waals surface area contributed by atoms with Crippen molar-refractivity contribution < 1.29 is 18.0 Å². The number of Topliss-reactive ketones (excluding diaryl/α,β-unsaturated/α-hetero) is 1. The molecule has 160 valence electrons. The number of rotatable bonds is 7. The average Bonchev–Trinajstić information content (AvgIpc) is 2.78. The number of unbranched alkanes of at least 4 members (excludes halogenated alkanes) is 2. The first-order chi connectivity index (χ1) is 14.2. The molecule has 0 aliphatic carbocycles. The van der Waals surface area contributed by atoms with Gasteiger partial charge in [0.15, 0.2) is 15.6 Å². The summed E-state index contributed by atoms with van der Waals surface area (Å²) in [5.41, 5.74) is 6.93. The van der Waals surface area contributed by atoms with Gasteiger partial charge < -0.3 is 10.6 Å². The topological polar surface area (TPSA) is 110 Å². The Labute approximate surface area is 181 Å². The van der Waals surface area contributed by atoms with E-state index in [0.29, 0.717) is 11.4 Å². The lowest BCUT2D eigenvalue weighted by Gasteiger charge is -2.24. The van der Waals surface area contributed by atoms with Crippen molar-refractivity contribution in [3.63, 3.8) is 0 Å². The second-order valence-electron chi connectivity index (χ2n) is 7.36. The molecule has 0 unspecified atom stereocenters. The quantitative estimate of drug-likeness (QED) is 0.513. The highest BCUT2D eigenvalue weighted by atomic mass is 35.5. The van der Waals surface area contributed by atoms with Crippen molar-refractivity contribution in [3.05, 3.63) is 52.8 Å². The zero-order valence-electron chi connectivity index (χ0n) is 16.7. The number of aromatic nitrogens is 1. The van der Waals surface area contributed by atoms with Crippen LogP contribution in [0.25, 0.3) is 0 Å². The maximum atomic E-state index is 13.0. The Balaban J connectivity index is 2.05. The van der Waals surface area contributed by atoms with Crippen LogP contribution in [0.4, 0.5) is 5.69 Å². The minimum absolute atomic E-state index is 0.0946. The molecule has 0 fully saturated rings. The SMILES string of the molecule is CCCCCC(=O)c1cc2c(cn1)S(=O)(=O)C[C@H](N)C(=O)N2Cc1ccc(Cl)cc1. The number of amides is 1. The maximum absolute atomic E-state index is 13.0. The Hall–Kier alpha value is -2.29. The summed E-state index contributed by atoms with van der Waals surface area (Å²) in [4.78, 5) is 30.8. The van der Waals surface area contributed by atoms with Crippen LogP contribution in [-0.2, 0) is 21.2 Å². The van der Waals surface area contributed by atoms with Gasteiger partial charge >= 0.3 is 0 Å². The van der Waals surface area contributed by atoms with E-state index in [9.17, 15) is 18.0 Å². The van der Waals surface area contributed by atoms with Crippen molar-refractivity contribution in [1.29, 1.82) is 0 Å². The van der Waals surface area contributed by atoms with Crippen LogP contribution < -0.4 is 10.6 Å². The molecule has 1 aliphatic rings. The highest BCUT2D eigenvalue weighted by Crippen LogP contribution is 2.32. The second-order valence-corrected chi connectivity index (χ2v) is 9.80. The molecule has 1 atom stereocenters. The normalized spacial score (nSPS) is 18.0. The molecule has 2 aromatic rings. The average molecular weight is 450 g/mol. The fourth-order valence-corrected chi connectivity index (χ4v) is 4.97. The fraction of sp³-hybridized carbons (Fsp3) is 0.381. The number of pyridine rings is 1. The summed E-state index contributed by atoms with van der Waals surface area (Å²) in [5, 5.41) is 0.546. The summed E-state index contributed by atoms with van der Waals surface area (Å²) in [7, 11) is -3.84. The number of sulfone groups is 1. The maximum Gasteiger partial charge on any atom is 0.245 e. The fourth-order valence-electron chi connectivity index (χ4n) is 3.35. The van der Waals surface area contributed by atoms with Crippen molar-refractivity contribution in [1.82, 2.24) is 4.98 Å². The molecule has 1 aliphatic heterocycles. The van der Waals surface area contributed by atoms with Crippen LogP contribution in [0.5, 0.6) is 0 Å². The lowest BCUT2D eigenvalue weighted by atomic mass is 10.1. The number of nitrogens with two attached hydrogens (primary N) is 1. The molecule has 1 amide bonds. The van der Waals surface area contributed by atoms with Gasteiger partial charge in [-0.2, -0.15) is 0 Å². The van der Waals surface area contributed by atoms with E-state index >= 15 is 0 Å². The van der Waals surface area contributed by atoms with Gasteiger partial charge in [0.1, 0.15) is 10.6 Å². The minimum atomic E-state index is -3.84. The predicted molar refractivity (Wildman–Crippen MR) is 115 cm³/mol. The highest BCUT2D eigenvalue weighted by Gasteiger charge is 2.36. The number of halogens is 1. The van der Waals surface area contributed by atoms with Crippen molar-refractivity contribution in [2.75, 3.05) is 10.7 Å². The van der Waals surface area contributed by atoms with Gasteiger partial charge in [0.25, 0.3) is 0 Å². The van der Waals surface area contributed by atoms with Crippen molar-refractivity contribution in [3.8, 4) is 0 Å². The van der Waals surface area contributed by atoms with Gasteiger partial charge in [-0.1, -0.05) is 43.5 Å². The van der Waals surface area contributed by atoms with Crippen molar-refractivity contribution >= 4 is 38.8 Å². The largest absolute Gasteiger partial charge is 0.319 e. The molecule has 1 aromatic heterocycles. The third kappa shape index (κ3) is 4.88. The lowest BCUT2D eigenvalue weighted by Crippen LogP contribution is -2.45. The molecule has 1 aromatic carbocycles. The van der Waals surface area contributed by atoms with Crippen LogP contribution in [0, 0.1) is 0 Å². The summed E-state index contributed by atoms with van der Waals surface area (Å²) in [5.74, 6) is -1.22. The van der Waals surface area contributed by atoms with Crippen LogP contribution in [0.2, 0.25) is 5.02 Å². The first-order valence-corrected chi connectivity index (χ1v) is 11.8. The zero-order valence-corrected chi connectivity index (χ0v) is 18.2. The first kappa shape index (κ1) is 22.4. The smallest absolute Gasteiger partial charge is 0.245 e. The van der Waals surface area contributed by atoms with Crippen LogP contribution >= 0.6 is 11.6 Å². The van der Waals surface area contributed by atoms with Crippen molar-refractivity contribution in [2.45, 2.75) is 50.1 Å². The van der Waals surface area contributed by atoms with E-state index in [2.05, 4.69) is 4.98 Å². The molecular formula is C21H24ClN3O4S. The van der Waals surface area contributed by atoms with E-state index in [-0.39, 0.29) is 28.6 Å². The van der Waals surface area contributed by atoms with Gasteiger partial charge in [-0.15, -0.1) is 0 Å². The van der Waals surface area contributed by atoms with Gasteiger partial charge in [-0.25, -0.2) is 8.42 Å². The van der Waals surface area contributed by atoms with Gasteiger partial charge in [0.05, 0.1) is 24.0 Å². The molecule has 9 heteroatoms. The summed E-state index contributed by atoms with van der Waals surface area (Å²) in [6, 6.07) is 7.06. The van der Waals surface area contributed by atoms with Gasteiger partial charge in [-0.05, 0) is 30.2 Å². The van der Waals surface area contributed by atoms with Crippen molar-refractivity contribution in [2.24, 2.45) is 5.73 Å². The molecule has 3 rings (SSSR count). The monoisotopic (exact) mass is 449 g/mol. The Morgan fingerprint density at radius 3 is 2.63 bits per heavy atom. The third-order valence-corrected chi connectivity index (χ3v) is 7.04. The number of nitrogens with zero attached hydrogens (tertiary/aromatic N) is 2. The summed E-state index contributed by atoms with van der Waals surface area (Å²) >= 11 is 5.93. The minimum Gasteiger partial charge on any atom is -0.319 e. The zero-order chi connectivity index (χ0) is 21.9. The number of anilines is 1. The number of hydrogen-bond donors (Lipinski definition) is 1. The van der Waals surface area contributed by atoms with Crippen LogP contribution in [0.3, 0.4) is 0 Å². The molecular weight excluding hydrogens is 426 g/mol. The van der Waals surface area contributed by atoms with Crippen LogP contribution in [0.1, 0.15) is 48.7 Å². The van der Waals surface area contributed by atoms with Gasteiger partial charge in [-0.3, -0.25) is 14.6 Å². The molecule has 0 saturated carbocycles. The van der Waals surface area contributed by atoms with Crippen LogP contribution in [-0.4, -0.2) is 36.9 Å². The van der Waals surface area contributed by atoms with Gasteiger partial charge in [0.2, 0.25) is 5.91 Å². The number of carbonyl (C=O) groups excluding carboxylic acids is 2. The molecule has 7 nitrogen and oxygen atoms in total. The molecule has 0 saturated heterocycles. The molecule has 2 N–H and O–H groups in total. The lowest BCUT2D eigenvalue weighted by molar-refractivity contribution is -0.119. The van der Waals surface area contributed by atoms with Crippen LogP contribution in [0.15, 0.2) is 41.4 Å². The first-order valence-electron chi connectivity index (χ1n) is 9.80. The van der Waals surface area contributed by atoms with E-state index in [1.165, 1.54) is 11.0 Å². The number of hydrogen-bond acceptors (Lipinski definition) is 6. The number of fused-ring (bicyclic) bond motifs is 1. The Kier molecular flexibility index (Phi) is 6.90. The summed E-state index contributed by atoms with van der Waals surface area (Å²) in [6.45, 7) is 2.14. The number of ketones is 1. The molecule has 0 bridgehead atoms. The van der Waals surface area contributed by atoms with E-state index in [0.717, 1.165) is 31.0 Å². The molecule has 0 radical (unpaired) electrons. The number of carbonyl (C=O) groups is 2. The summed E-state index contributed by atoms with van der Waals surface area (Å²) < 4.78 is 25.6. The van der Waals surface area contributed by atoms with Gasteiger partial charge in [0, 0.05) is 17.6 Å². The molecule has 30 heavy (non-hydrogen) atoms. The third-order valence-electron chi connectivity index (χ3n) is 5.00. The van der Waals surface area contributed by atoms with E-state index < -0.39 is 27.5 Å². The standard InChI is InChI=1S/C21H24ClN3O4S/c1-2-3-4-5-19(26)17-10-18-20(11-24-17)30(28,29)13-16(23)21(27)25(18)12-14-6-8-15(22)9-7-14/h6-11,16H,2-5,12-13,23H2,1H3/t16-/m0/s1. The van der Waals surface area contributed by atoms with E-state index in [1.807, 2.05) is 6.92 Å². The number of benzene rings is 1. The Morgan fingerprint density at radius 2 is 1.97 bits per heavy atom. The molecule has 2 heterocycles. The Bertz CT molecular complexity index is 1050. The van der Waals surface area contributed by atoms with E-state index in [1.54, 1.807) is 24.3 Å². The predicted octanol–water partition coefficient (Wildman–Crippen LogP) is 3.15. The summed E-state index contributed by atoms with van der Waals surface area (Å²) in [6.07, 6.45) is 4.10. The highest BCUT2D eigenvalue weighted by molar-refractivity contribution is 7.91. The second kappa shape index (κ2) is 9.24.